The van der Waals surface area contributed by atoms with Crippen molar-refractivity contribution in [1.82, 2.24) is 6.15 Å². The summed E-state index contributed by atoms with van der Waals surface area (Å²) in [5, 5.41) is 0. The van der Waals surface area contributed by atoms with Gasteiger partial charge in [-0.25, -0.2) is 0 Å². The summed E-state index contributed by atoms with van der Waals surface area (Å²) in [6, 6.07) is 0. The van der Waals surface area contributed by atoms with Gasteiger partial charge in [-0.3, -0.25) is 0 Å². The standard InChI is InChI=1S/C2H4O.HI.K.H3N.2Y/c1-2-3;;;;;/h2H,1H3;1H;;1H3;;. The first-order chi connectivity index (χ1) is 1.41. The van der Waals surface area contributed by atoms with Crippen molar-refractivity contribution in [3.8, 4) is 0 Å². The van der Waals surface area contributed by atoms with Crippen LogP contribution in [0.2, 0.25) is 0 Å². The molecule has 0 heterocycles. The summed E-state index contributed by atoms with van der Waals surface area (Å²) in [4.78, 5) is 8.81. The predicted octanol–water partition coefficient (Wildman–Crippen LogP) is 0.599. The molecular formula is C2H8IKNOY2. The zero-order chi connectivity index (χ0) is 2.71. The Morgan fingerprint density at radius 1 is 1.25 bits per heavy atom. The van der Waals surface area contributed by atoms with Crippen molar-refractivity contribution in [2.24, 2.45) is 0 Å². The Kier molecular flexibility index (Phi) is 214. The largest absolute Gasteiger partial charge is 0.344 e. The molecule has 2 nitrogen and oxygen atoms in total. The molecule has 3 N–H and O–H groups in total. The molecule has 0 aromatic heterocycles. The van der Waals surface area contributed by atoms with Crippen molar-refractivity contribution in [3.05, 3.63) is 0 Å². The van der Waals surface area contributed by atoms with Crippen molar-refractivity contribution in [3.63, 3.8) is 0 Å². The average Bonchev–Trinajstić information content (AvgIpc) is 0.918. The Morgan fingerprint density at radius 2 is 1.25 bits per heavy atom. The smallest absolute Gasteiger partial charge is 0.116 e. The Balaban J connectivity index is -0.00000000200. The molecule has 0 aliphatic heterocycles. The quantitative estimate of drug-likeness (QED) is 0.364. The molecule has 0 bridgehead atoms. The Bertz CT molecular complexity index is 27.5. The van der Waals surface area contributed by atoms with Crippen LogP contribution in [0.3, 0.4) is 0 Å². The number of aldehydes is 1. The molecule has 8 heavy (non-hydrogen) atoms. The molecule has 3 radical (unpaired) electrons. The SMILES string of the molecule is CC=O.I.N.[K].[Y].[Y]. The van der Waals surface area contributed by atoms with Crippen LogP contribution >= 0.6 is 24.0 Å². The van der Waals surface area contributed by atoms with Gasteiger partial charge in [-0.1, -0.05) is 0 Å². The van der Waals surface area contributed by atoms with E-state index in [-0.39, 0.29) is 147 Å². The van der Waals surface area contributed by atoms with Crippen molar-refractivity contribution >= 4 is 81.6 Å². The third-order valence-electron chi connectivity index (χ3n) is 0. The molecule has 0 rings (SSSR count). The third kappa shape index (κ3) is 48.9. The van der Waals surface area contributed by atoms with Crippen LogP contribution in [0.25, 0.3) is 0 Å². The van der Waals surface area contributed by atoms with Crippen LogP contribution in [-0.2, 0) is 70.2 Å². The maximum absolute atomic E-state index is 8.81. The van der Waals surface area contributed by atoms with Crippen LogP contribution in [-0.4, -0.2) is 57.7 Å². The molecule has 0 amide bonds. The second-order valence-corrected chi connectivity index (χ2v) is 0.236. The van der Waals surface area contributed by atoms with E-state index >= 15 is 0 Å². The fourth-order valence-electron chi connectivity index (χ4n) is 0. The molecule has 0 saturated carbocycles. The zero-order valence-electron chi connectivity index (χ0n) is 5.26. The summed E-state index contributed by atoms with van der Waals surface area (Å²) >= 11 is 0. The molecule has 0 aromatic rings. The second-order valence-electron chi connectivity index (χ2n) is 0.236. The van der Waals surface area contributed by atoms with Gasteiger partial charge in [-0.15, -0.1) is 24.0 Å². The van der Waals surface area contributed by atoms with Gasteiger partial charge in [0.25, 0.3) is 0 Å². The average molecular weight is 406 g/mol. The van der Waals surface area contributed by atoms with Crippen molar-refractivity contribution < 1.29 is 70.2 Å². The second kappa shape index (κ2) is 43.1. The van der Waals surface area contributed by atoms with Crippen LogP contribution in [0.1, 0.15) is 6.92 Å². The van der Waals surface area contributed by atoms with Gasteiger partial charge < -0.3 is 10.9 Å². The van der Waals surface area contributed by atoms with Gasteiger partial charge in [0.2, 0.25) is 0 Å². The number of carbonyl (C=O) groups is 1. The van der Waals surface area contributed by atoms with Crippen molar-refractivity contribution in [2.75, 3.05) is 0 Å². The summed E-state index contributed by atoms with van der Waals surface area (Å²) < 4.78 is 0. The van der Waals surface area contributed by atoms with Crippen LogP contribution < -0.4 is 6.15 Å². The van der Waals surface area contributed by atoms with Crippen LogP contribution in [0.4, 0.5) is 0 Å². The van der Waals surface area contributed by atoms with Gasteiger partial charge in [0.15, 0.2) is 0 Å². The molecule has 0 aliphatic rings. The normalized spacial score (nSPS) is 1.62. The molecule has 0 aromatic carbocycles. The summed E-state index contributed by atoms with van der Waals surface area (Å²) in [5.74, 6) is 0. The van der Waals surface area contributed by atoms with Crippen LogP contribution in [0.5, 0.6) is 0 Å². The van der Waals surface area contributed by atoms with Crippen molar-refractivity contribution in [1.29, 1.82) is 0 Å². The fraction of sp³-hybridized carbons (Fsp3) is 0.500. The van der Waals surface area contributed by atoms with Crippen LogP contribution in [0, 0.1) is 0 Å². The maximum atomic E-state index is 8.81. The third-order valence-corrected chi connectivity index (χ3v) is 0. The number of rotatable bonds is 0. The van der Waals surface area contributed by atoms with Gasteiger partial charge in [-0.05, 0) is 6.92 Å². The Hall–Kier alpha value is 4.20. The first-order valence-electron chi connectivity index (χ1n) is 0.813. The van der Waals surface area contributed by atoms with E-state index in [4.69, 9.17) is 4.79 Å². The topological polar surface area (TPSA) is 52.1 Å². The first kappa shape index (κ1) is 39.8. The Morgan fingerprint density at radius 3 is 1.25 bits per heavy atom. The van der Waals surface area contributed by atoms with E-state index in [1.807, 2.05) is 0 Å². The van der Waals surface area contributed by atoms with E-state index in [0.717, 1.165) is 6.29 Å². The molecule has 0 fully saturated rings. The summed E-state index contributed by atoms with van der Waals surface area (Å²) in [6.07, 6.45) is 0.750. The monoisotopic (exact) mass is 406 g/mol. The zero-order valence-corrected chi connectivity index (χ0v) is 16.4. The molecule has 6 heteroatoms. The van der Waals surface area contributed by atoms with E-state index in [0.29, 0.717) is 0 Å². The molecule has 0 spiro atoms. The van der Waals surface area contributed by atoms with Gasteiger partial charge in [0, 0.05) is 117 Å². The number of hydrogen-bond donors (Lipinski definition) is 1. The molecule has 0 unspecified atom stereocenters. The maximum Gasteiger partial charge on any atom is 0.116 e. The predicted molar refractivity (Wildman–Crippen MR) is 37.9 cm³/mol. The number of halogens is 1. The molecule has 0 aliphatic carbocycles. The minimum absolute atomic E-state index is 0. The van der Waals surface area contributed by atoms with Gasteiger partial charge >= 0.3 is 0 Å². The van der Waals surface area contributed by atoms with E-state index in [1.165, 1.54) is 6.92 Å². The minimum Gasteiger partial charge on any atom is -0.344 e. The van der Waals surface area contributed by atoms with Gasteiger partial charge in [0.05, 0.1) is 0 Å². The van der Waals surface area contributed by atoms with Gasteiger partial charge in [-0.2, -0.15) is 0 Å². The summed E-state index contributed by atoms with van der Waals surface area (Å²) in [6.45, 7) is 1.44. The van der Waals surface area contributed by atoms with E-state index in [9.17, 15) is 0 Å². The summed E-state index contributed by atoms with van der Waals surface area (Å²) in [7, 11) is 0. The summed E-state index contributed by atoms with van der Waals surface area (Å²) in [5.41, 5.74) is 0. The molecule has 0 saturated heterocycles. The first-order valence-corrected chi connectivity index (χ1v) is 0.813. The minimum atomic E-state index is 0. The number of carbonyl (C=O) groups excluding carboxylic acids is 1. The van der Waals surface area contributed by atoms with E-state index < -0.39 is 0 Å². The Labute approximate surface area is 160 Å². The molecule has 0 atom stereocenters. The molecule has 41 valence electrons. The van der Waals surface area contributed by atoms with E-state index in [2.05, 4.69) is 0 Å². The van der Waals surface area contributed by atoms with E-state index in [1.54, 1.807) is 0 Å². The fourth-order valence-corrected chi connectivity index (χ4v) is 0. The molecular weight excluding hydrogens is 398 g/mol. The number of hydrogen-bond acceptors (Lipinski definition) is 2. The van der Waals surface area contributed by atoms with Crippen molar-refractivity contribution in [2.45, 2.75) is 6.92 Å². The van der Waals surface area contributed by atoms with Crippen LogP contribution in [0.15, 0.2) is 0 Å². The van der Waals surface area contributed by atoms with Gasteiger partial charge in [0.1, 0.15) is 6.29 Å².